The number of hydrogen-bond acceptors (Lipinski definition) is 2. The van der Waals surface area contributed by atoms with Crippen molar-refractivity contribution in [3.63, 3.8) is 0 Å². The molecule has 0 aliphatic carbocycles. The van der Waals surface area contributed by atoms with Crippen molar-refractivity contribution in [2.45, 2.75) is 38.4 Å². The van der Waals surface area contributed by atoms with Crippen LogP contribution in [-0.4, -0.2) is 17.7 Å². The number of alkyl halides is 3. The lowest BCUT2D eigenvalue weighted by atomic mass is 10.0. The van der Waals surface area contributed by atoms with Crippen LogP contribution in [0, 0.1) is 0 Å². The zero-order valence-corrected chi connectivity index (χ0v) is 12.0. The van der Waals surface area contributed by atoms with Gasteiger partial charge < -0.3 is 5.32 Å². The Morgan fingerprint density at radius 1 is 1.19 bits per heavy atom. The molecule has 0 fully saturated rings. The van der Waals surface area contributed by atoms with E-state index in [-0.39, 0.29) is 12.5 Å². The van der Waals surface area contributed by atoms with Gasteiger partial charge in [-0.25, -0.2) is 0 Å². The second-order valence-electron chi connectivity index (χ2n) is 5.08. The Morgan fingerprint density at radius 2 is 1.95 bits per heavy atom. The second kappa shape index (κ2) is 6.89. The Balaban J connectivity index is 2.29. The molecule has 0 amide bonds. The summed E-state index contributed by atoms with van der Waals surface area (Å²) in [7, 11) is 0. The number of benzene rings is 1. The summed E-state index contributed by atoms with van der Waals surface area (Å²) in [5.74, 6) is 0. The van der Waals surface area contributed by atoms with Crippen LogP contribution in [-0.2, 0) is 0 Å². The number of hydrogen-bond donors (Lipinski definition) is 1. The maximum Gasteiger partial charge on any atom is 0.389 e. The predicted molar refractivity (Wildman–Crippen MR) is 78.1 cm³/mol. The fourth-order valence-corrected chi connectivity index (χ4v) is 2.38. The van der Waals surface area contributed by atoms with Crippen LogP contribution in [0.25, 0.3) is 10.8 Å². The summed E-state index contributed by atoms with van der Waals surface area (Å²) in [6.45, 7) is 2.66. The van der Waals surface area contributed by atoms with E-state index in [1.54, 1.807) is 6.20 Å². The van der Waals surface area contributed by atoms with Gasteiger partial charge in [0.2, 0.25) is 0 Å². The van der Waals surface area contributed by atoms with Crippen molar-refractivity contribution in [3.8, 4) is 0 Å². The summed E-state index contributed by atoms with van der Waals surface area (Å²) in [6, 6.07) is 9.15. The lowest BCUT2D eigenvalue weighted by Crippen LogP contribution is -2.25. The molecule has 0 aliphatic heterocycles. The molecular weight excluding hydrogens is 277 g/mol. The smallest absolute Gasteiger partial charge is 0.309 e. The van der Waals surface area contributed by atoms with Crippen molar-refractivity contribution >= 4 is 10.8 Å². The minimum absolute atomic E-state index is 0.00447. The van der Waals surface area contributed by atoms with Gasteiger partial charge in [-0.05, 0) is 30.8 Å². The third kappa shape index (κ3) is 4.43. The lowest BCUT2D eigenvalue weighted by molar-refractivity contribution is -0.136. The van der Waals surface area contributed by atoms with Crippen molar-refractivity contribution < 1.29 is 13.2 Å². The molecule has 0 aliphatic rings. The average molecular weight is 296 g/mol. The maximum atomic E-state index is 12.5. The fraction of sp³-hybridized carbons (Fsp3) is 0.438. The van der Waals surface area contributed by atoms with Crippen LogP contribution < -0.4 is 5.32 Å². The standard InChI is InChI=1S/C16H19F3N2/c1-2-10-20-14(7-9-16(17,18)19)15-13-6-4-3-5-12(13)8-11-21-15/h3-6,8,11,14,20H,2,7,9-10H2,1H3. The highest BCUT2D eigenvalue weighted by molar-refractivity contribution is 5.84. The van der Waals surface area contributed by atoms with Crippen LogP contribution in [0.5, 0.6) is 0 Å². The first-order valence-electron chi connectivity index (χ1n) is 7.15. The molecule has 5 heteroatoms. The van der Waals surface area contributed by atoms with Crippen molar-refractivity contribution in [3.05, 3.63) is 42.2 Å². The highest BCUT2D eigenvalue weighted by Gasteiger charge is 2.29. The number of rotatable bonds is 6. The van der Waals surface area contributed by atoms with Crippen LogP contribution in [0.2, 0.25) is 0 Å². The molecule has 0 spiro atoms. The molecule has 1 N–H and O–H groups in total. The molecule has 1 aromatic carbocycles. The second-order valence-corrected chi connectivity index (χ2v) is 5.08. The van der Waals surface area contributed by atoms with Crippen molar-refractivity contribution in [1.29, 1.82) is 0 Å². The Morgan fingerprint density at radius 3 is 2.67 bits per heavy atom. The molecule has 1 unspecified atom stereocenters. The molecule has 1 atom stereocenters. The quantitative estimate of drug-likeness (QED) is 0.841. The molecule has 1 aromatic heterocycles. The van der Waals surface area contributed by atoms with E-state index in [9.17, 15) is 13.2 Å². The molecule has 2 nitrogen and oxygen atoms in total. The molecule has 21 heavy (non-hydrogen) atoms. The molecule has 0 saturated heterocycles. The van der Waals surface area contributed by atoms with Crippen LogP contribution in [0.4, 0.5) is 13.2 Å². The molecule has 1 heterocycles. The molecule has 0 bridgehead atoms. The van der Waals surface area contributed by atoms with E-state index in [1.807, 2.05) is 37.3 Å². The van der Waals surface area contributed by atoms with Gasteiger partial charge in [-0.1, -0.05) is 31.2 Å². The van der Waals surface area contributed by atoms with Crippen LogP contribution in [0.15, 0.2) is 36.5 Å². The molecule has 2 aromatic rings. The van der Waals surface area contributed by atoms with E-state index < -0.39 is 12.6 Å². The Kier molecular flexibility index (Phi) is 5.17. The van der Waals surface area contributed by atoms with E-state index in [0.717, 1.165) is 17.2 Å². The summed E-state index contributed by atoms with van der Waals surface area (Å²) >= 11 is 0. The summed E-state index contributed by atoms with van der Waals surface area (Å²) < 4.78 is 37.6. The number of halogens is 3. The number of fused-ring (bicyclic) bond motifs is 1. The summed E-state index contributed by atoms with van der Waals surface area (Å²) in [6.07, 6.45) is -2.42. The van der Waals surface area contributed by atoms with E-state index in [0.29, 0.717) is 12.2 Å². The lowest BCUT2D eigenvalue weighted by Gasteiger charge is -2.20. The highest BCUT2D eigenvalue weighted by atomic mass is 19.4. The third-order valence-corrected chi connectivity index (χ3v) is 3.39. The molecule has 0 saturated carbocycles. The van der Waals surface area contributed by atoms with Gasteiger partial charge in [0.15, 0.2) is 0 Å². The maximum absolute atomic E-state index is 12.5. The molecule has 114 valence electrons. The van der Waals surface area contributed by atoms with Gasteiger partial charge in [-0.15, -0.1) is 0 Å². The number of nitrogens with zero attached hydrogens (tertiary/aromatic N) is 1. The van der Waals surface area contributed by atoms with E-state index >= 15 is 0 Å². The van der Waals surface area contributed by atoms with Gasteiger partial charge in [0.05, 0.1) is 11.7 Å². The predicted octanol–water partition coefficient (Wildman–Crippen LogP) is 4.62. The zero-order chi connectivity index (χ0) is 15.3. The summed E-state index contributed by atoms with van der Waals surface area (Å²) in [4.78, 5) is 4.33. The first-order valence-corrected chi connectivity index (χ1v) is 7.15. The minimum Gasteiger partial charge on any atom is -0.309 e. The zero-order valence-electron chi connectivity index (χ0n) is 12.0. The SMILES string of the molecule is CCCNC(CCC(F)(F)F)c1nccc2ccccc12. The van der Waals surface area contributed by atoms with Crippen molar-refractivity contribution in [2.24, 2.45) is 0 Å². The molecule has 0 radical (unpaired) electrons. The normalized spacial score (nSPS) is 13.5. The molecular formula is C16H19F3N2. The Labute approximate surface area is 122 Å². The molecule has 2 rings (SSSR count). The van der Waals surface area contributed by atoms with Crippen LogP contribution in [0.3, 0.4) is 0 Å². The van der Waals surface area contributed by atoms with E-state index in [1.165, 1.54) is 0 Å². The first kappa shape index (κ1) is 15.8. The van der Waals surface area contributed by atoms with Crippen molar-refractivity contribution in [1.82, 2.24) is 10.3 Å². The monoisotopic (exact) mass is 296 g/mol. The van der Waals surface area contributed by atoms with Gasteiger partial charge in [0, 0.05) is 18.0 Å². The summed E-state index contributed by atoms with van der Waals surface area (Å²) in [5, 5.41) is 5.10. The Hall–Kier alpha value is -1.62. The first-order chi connectivity index (χ1) is 10.0. The van der Waals surface area contributed by atoms with E-state index in [4.69, 9.17) is 0 Å². The fourth-order valence-electron chi connectivity index (χ4n) is 2.38. The number of nitrogens with one attached hydrogen (secondary N) is 1. The van der Waals surface area contributed by atoms with Crippen molar-refractivity contribution in [2.75, 3.05) is 6.54 Å². The van der Waals surface area contributed by atoms with Gasteiger partial charge >= 0.3 is 6.18 Å². The topological polar surface area (TPSA) is 24.9 Å². The third-order valence-electron chi connectivity index (χ3n) is 3.39. The van der Waals surface area contributed by atoms with Gasteiger partial charge in [0.1, 0.15) is 0 Å². The average Bonchev–Trinajstić information content (AvgIpc) is 2.46. The van der Waals surface area contributed by atoms with Gasteiger partial charge in [-0.3, -0.25) is 4.98 Å². The highest BCUT2D eigenvalue weighted by Crippen LogP contribution is 2.30. The van der Waals surface area contributed by atoms with Gasteiger partial charge in [0.25, 0.3) is 0 Å². The summed E-state index contributed by atoms with van der Waals surface area (Å²) in [5.41, 5.74) is 0.700. The van der Waals surface area contributed by atoms with Gasteiger partial charge in [-0.2, -0.15) is 13.2 Å². The van der Waals surface area contributed by atoms with Crippen LogP contribution >= 0.6 is 0 Å². The van der Waals surface area contributed by atoms with Crippen LogP contribution in [0.1, 0.15) is 37.9 Å². The Bertz CT molecular complexity index is 576. The number of pyridine rings is 1. The van der Waals surface area contributed by atoms with E-state index in [2.05, 4.69) is 10.3 Å². The largest absolute Gasteiger partial charge is 0.389 e. The number of aromatic nitrogens is 1. The minimum atomic E-state index is -4.14.